The Morgan fingerprint density at radius 1 is 1.00 bits per heavy atom. The zero-order chi connectivity index (χ0) is 19.3. The van der Waals surface area contributed by atoms with Gasteiger partial charge >= 0.3 is 0 Å². The van der Waals surface area contributed by atoms with Gasteiger partial charge in [-0.05, 0) is 43.3 Å². The van der Waals surface area contributed by atoms with Crippen LogP contribution in [0.4, 0.5) is 0 Å². The average Bonchev–Trinajstić information content (AvgIpc) is 3.28. The van der Waals surface area contributed by atoms with Crippen molar-refractivity contribution in [3.63, 3.8) is 0 Å². The maximum atomic E-state index is 6.41. The molecule has 0 fully saturated rings. The Bertz CT molecular complexity index is 1340. The molecule has 138 valence electrons. The maximum Gasteiger partial charge on any atom is 0.283 e. The van der Waals surface area contributed by atoms with Gasteiger partial charge in [-0.2, -0.15) is 5.10 Å². The van der Waals surface area contributed by atoms with Gasteiger partial charge in [-0.15, -0.1) is 10.2 Å². The number of nitrogens with zero attached hydrogens (tertiary/aromatic N) is 5. The quantitative estimate of drug-likeness (QED) is 0.375. The molecule has 0 amide bonds. The van der Waals surface area contributed by atoms with Crippen LogP contribution in [0.25, 0.3) is 28.0 Å². The fraction of sp³-hybridized carbons (Fsp3) is 0.100. The lowest BCUT2D eigenvalue weighted by Crippen LogP contribution is -1.95. The molecule has 3 aromatic heterocycles. The Morgan fingerprint density at radius 3 is 2.64 bits per heavy atom. The van der Waals surface area contributed by atoms with Crippen LogP contribution in [0.1, 0.15) is 11.3 Å². The summed E-state index contributed by atoms with van der Waals surface area (Å²) in [6.07, 6.45) is 0. The highest BCUT2D eigenvalue weighted by Gasteiger charge is 2.18. The third kappa shape index (κ3) is 2.75. The summed E-state index contributed by atoms with van der Waals surface area (Å²) < 4.78 is 7.66. The predicted molar refractivity (Wildman–Crippen MR) is 109 cm³/mol. The molecule has 0 radical (unpaired) electrons. The normalized spacial score (nSPS) is 11.5. The first-order valence-corrected chi connectivity index (χ1v) is 9.82. The van der Waals surface area contributed by atoms with Gasteiger partial charge in [0, 0.05) is 10.9 Å². The van der Waals surface area contributed by atoms with Crippen LogP contribution in [0, 0.1) is 13.8 Å². The topological polar surface area (TPSA) is 69.1 Å². The van der Waals surface area contributed by atoms with Crippen LogP contribution >= 0.6 is 23.4 Å². The molecule has 0 aliphatic heterocycles. The third-order valence-corrected chi connectivity index (χ3v) is 5.79. The molecule has 0 saturated heterocycles. The second-order valence-electron chi connectivity index (χ2n) is 6.36. The van der Waals surface area contributed by atoms with Crippen molar-refractivity contribution in [3.05, 3.63) is 64.8 Å². The number of hydrogen-bond acceptors (Lipinski definition) is 6. The largest absolute Gasteiger partial charge is 0.411 e. The van der Waals surface area contributed by atoms with Crippen LogP contribution in [0.2, 0.25) is 5.02 Å². The van der Waals surface area contributed by atoms with Gasteiger partial charge in [0.2, 0.25) is 5.89 Å². The van der Waals surface area contributed by atoms with E-state index in [-0.39, 0.29) is 0 Å². The molecule has 0 aliphatic carbocycles. The highest BCUT2D eigenvalue weighted by atomic mass is 35.5. The summed E-state index contributed by atoms with van der Waals surface area (Å²) >= 11 is 7.73. The second-order valence-corrected chi connectivity index (χ2v) is 7.68. The van der Waals surface area contributed by atoms with Gasteiger partial charge in [0.25, 0.3) is 5.22 Å². The highest BCUT2D eigenvalue weighted by molar-refractivity contribution is 7.99. The Kier molecular flexibility index (Phi) is 4.07. The van der Waals surface area contributed by atoms with E-state index in [2.05, 4.69) is 15.3 Å². The molecular weight excluding hydrogens is 394 g/mol. The van der Waals surface area contributed by atoms with Crippen LogP contribution in [-0.4, -0.2) is 24.8 Å². The van der Waals surface area contributed by atoms with Crippen LogP contribution < -0.4 is 0 Å². The number of para-hydroxylation sites is 1. The van der Waals surface area contributed by atoms with Crippen LogP contribution in [-0.2, 0) is 0 Å². The summed E-state index contributed by atoms with van der Waals surface area (Å²) in [5, 5.41) is 15.5. The number of aromatic nitrogens is 5. The summed E-state index contributed by atoms with van der Waals surface area (Å²) in [5.41, 5.74) is 4.27. The van der Waals surface area contributed by atoms with E-state index in [1.165, 1.54) is 11.8 Å². The number of hydrogen-bond donors (Lipinski definition) is 0. The highest BCUT2D eigenvalue weighted by Crippen LogP contribution is 2.35. The van der Waals surface area contributed by atoms with E-state index in [1.807, 2.05) is 62.4 Å². The van der Waals surface area contributed by atoms with Crippen molar-refractivity contribution in [1.82, 2.24) is 24.8 Å². The minimum absolute atomic E-state index is 0.424. The number of rotatable bonds is 3. The third-order valence-electron chi connectivity index (χ3n) is 4.50. The first-order valence-electron chi connectivity index (χ1n) is 8.63. The van der Waals surface area contributed by atoms with Gasteiger partial charge in [-0.25, -0.2) is 9.50 Å². The van der Waals surface area contributed by atoms with Crippen molar-refractivity contribution in [2.24, 2.45) is 0 Å². The van der Waals surface area contributed by atoms with Gasteiger partial charge in [0.15, 0.2) is 5.65 Å². The second kappa shape index (κ2) is 6.61. The standard InChI is InChI=1S/C20H14ClN5OS/c1-11-7-3-4-8-13(11)18-23-24-20(27-18)28-19-14-9-5-6-10-15(14)26-17(22-19)16(21)12(2)25-26/h3-10H,1-2H3. The monoisotopic (exact) mass is 407 g/mol. The van der Waals surface area contributed by atoms with Crippen LogP contribution in [0.15, 0.2) is 63.2 Å². The summed E-state index contributed by atoms with van der Waals surface area (Å²) in [5.74, 6) is 0.490. The molecule has 6 nitrogen and oxygen atoms in total. The molecule has 0 spiro atoms. The van der Waals surface area contributed by atoms with Gasteiger partial charge in [-0.1, -0.05) is 48.0 Å². The maximum absolute atomic E-state index is 6.41. The molecule has 2 aromatic carbocycles. The van der Waals surface area contributed by atoms with E-state index < -0.39 is 0 Å². The first kappa shape index (κ1) is 17.2. The Labute approximate surface area is 169 Å². The lowest BCUT2D eigenvalue weighted by molar-refractivity contribution is 0.465. The van der Waals surface area contributed by atoms with E-state index in [1.54, 1.807) is 4.52 Å². The fourth-order valence-electron chi connectivity index (χ4n) is 3.09. The van der Waals surface area contributed by atoms with Crippen molar-refractivity contribution < 1.29 is 4.42 Å². The van der Waals surface area contributed by atoms with Gasteiger partial charge in [-0.3, -0.25) is 0 Å². The number of benzene rings is 2. The van der Waals surface area contributed by atoms with Gasteiger partial charge in [0.05, 0.1) is 11.2 Å². The molecule has 3 heterocycles. The van der Waals surface area contributed by atoms with Crippen LogP contribution in [0.3, 0.4) is 0 Å². The molecule has 0 atom stereocenters. The average molecular weight is 408 g/mol. The van der Waals surface area contributed by atoms with Gasteiger partial charge < -0.3 is 4.42 Å². The zero-order valence-corrected chi connectivity index (χ0v) is 16.6. The van der Waals surface area contributed by atoms with E-state index in [0.717, 1.165) is 32.7 Å². The first-order chi connectivity index (χ1) is 13.6. The molecule has 5 rings (SSSR count). The molecule has 0 saturated carbocycles. The smallest absolute Gasteiger partial charge is 0.283 e. The summed E-state index contributed by atoms with van der Waals surface area (Å²) in [4.78, 5) is 4.72. The van der Waals surface area contributed by atoms with Crippen molar-refractivity contribution >= 4 is 39.9 Å². The minimum atomic E-state index is 0.424. The Balaban J connectivity index is 1.62. The van der Waals surface area contributed by atoms with Crippen molar-refractivity contribution in [2.75, 3.05) is 0 Å². The fourth-order valence-corrected chi connectivity index (χ4v) is 4.03. The summed E-state index contributed by atoms with van der Waals surface area (Å²) in [7, 11) is 0. The lowest BCUT2D eigenvalue weighted by atomic mass is 10.1. The molecule has 0 aliphatic rings. The van der Waals surface area contributed by atoms with Crippen LogP contribution in [0.5, 0.6) is 0 Å². The summed E-state index contributed by atoms with van der Waals surface area (Å²) in [6.45, 7) is 3.88. The van der Waals surface area contributed by atoms with E-state index in [9.17, 15) is 0 Å². The molecule has 0 bridgehead atoms. The number of halogens is 1. The molecular formula is C20H14ClN5OS. The van der Waals surface area contributed by atoms with Crippen molar-refractivity contribution in [1.29, 1.82) is 0 Å². The van der Waals surface area contributed by atoms with Crippen molar-refractivity contribution in [3.8, 4) is 11.5 Å². The zero-order valence-electron chi connectivity index (χ0n) is 15.0. The number of fused-ring (bicyclic) bond motifs is 3. The Morgan fingerprint density at radius 2 is 1.79 bits per heavy atom. The predicted octanol–water partition coefficient (Wildman–Crippen LogP) is 5.35. The molecule has 8 heteroatoms. The Hall–Kier alpha value is -2.90. The van der Waals surface area contributed by atoms with Gasteiger partial charge in [0.1, 0.15) is 10.0 Å². The molecule has 0 N–H and O–H groups in total. The summed E-state index contributed by atoms with van der Waals surface area (Å²) in [6, 6.07) is 15.8. The molecule has 0 unspecified atom stereocenters. The molecule has 5 aromatic rings. The lowest BCUT2D eigenvalue weighted by Gasteiger charge is -2.05. The van der Waals surface area contributed by atoms with E-state index in [4.69, 9.17) is 21.0 Å². The molecule has 28 heavy (non-hydrogen) atoms. The van der Waals surface area contributed by atoms with E-state index in [0.29, 0.717) is 21.8 Å². The SMILES string of the molecule is Cc1ccccc1-c1nnc(Sc2nc3c(Cl)c(C)nn3c3ccccc23)o1. The number of aryl methyl sites for hydroxylation is 2. The minimum Gasteiger partial charge on any atom is -0.411 e. The van der Waals surface area contributed by atoms with Crippen molar-refractivity contribution in [2.45, 2.75) is 24.1 Å². The van der Waals surface area contributed by atoms with E-state index >= 15 is 0 Å².